The Labute approximate surface area is 161 Å². The van der Waals surface area contributed by atoms with Crippen molar-refractivity contribution >= 4 is 23.3 Å². The van der Waals surface area contributed by atoms with Gasteiger partial charge in [0.2, 0.25) is 5.78 Å². The highest BCUT2D eigenvalue weighted by Crippen LogP contribution is 2.51. The first-order valence-electron chi connectivity index (χ1n) is 8.62. The lowest BCUT2D eigenvalue weighted by atomic mass is 9.79. The number of allylic oxidation sites excluding steroid dienone is 2. The Balaban J connectivity index is 2.20. The minimum Gasteiger partial charge on any atom is -0.466 e. The van der Waals surface area contributed by atoms with E-state index in [0.717, 1.165) is 7.11 Å². The summed E-state index contributed by atoms with van der Waals surface area (Å²) in [6.07, 6.45) is 0. The van der Waals surface area contributed by atoms with Crippen molar-refractivity contribution in [1.29, 1.82) is 0 Å². The van der Waals surface area contributed by atoms with Gasteiger partial charge in [-0.15, -0.1) is 0 Å². The number of hydrogen-bond acceptors (Lipinski definition) is 5. The van der Waals surface area contributed by atoms with Crippen LogP contribution in [0.3, 0.4) is 0 Å². The van der Waals surface area contributed by atoms with Gasteiger partial charge in [-0.05, 0) is 35.8 Å². The predicted octanol–water partition coefficient (Wildman–Crippen LogP) is 3.49. The Morgan fingerprint density at radius 3 is 2.11 bits per heavy atom. The summed E-state index contributed by atoms with van der Waals surface area (Å²) in [5.41, 5.74) is -0.995. The van der Waals surface area contributed by atoms with E-state index in [-0.39, 0.29) is 11.1 Å². The van der Waals surface area contributed by atoms with Crippen LogP contribution in [-0.2, 0) is 19.1 Å². The molecule has 0 aromatic heterocycles. The number of hydrogen-bond donors (Lipinski definition) is 0. The summed E-state index contributed by atoms with van der Waals surface area (Å²) in [7, 11) is 2.31. The SMILES string of the molecule is COC(=O)c1ccc([C@H]2C(c3ccccc3)=C(C)C(=O)[C@@]2(F)C(=O)OC)cc1. The summed E-state index contributed by atoms with van der Waals surface area (Å²) in [6, 6.07) is 14.8. The molecule has 0 unspecified atom stereocenters. The van der Waals surface area contributed by atoms with Gasteiger partial charge in [0.15, 0.2) is 0 Å². The summed E-state index contributed by atoms with van der Waals surface area (Å²) in [6.45, 7) is 1.50. The molecule has 0 fully saturated rings. The quantitative estimate of drug-likeness (QED) is 0.598. The topological polar surface area (TPSA) is 69.7 Å². The fourth-order valence-electron chi connectivity index (χ4n) is 3.63. The van der Waals surface area contributed by atoms with Crippen LogP contribution in [0.5, 0.6) is 0 Å². The Hall–Kier alpha value is -3.28. The van der Waals surface area contributed by atoms with Crippen LogP contribution in [-0.4, -0.2) is 37.6 Å². The highest BCUT2D eigenvalue weighted by molar-refractivity contribution is 6.24. The van der Waals surface area contributed by atoms with Gasteiger partial charge < -0.3 is 9.47 Å². The molecule has 3 rings (SSSR count). The van der Waals surface area contributed by atoms with Gasteiger partial charge in [0, 0.05) is 5.57 Å². The third-order valence-electron chi connectivity index (χ3n) is 4.99. The van der Waals surface area contributed by atoms with E-state index in [9.17, 15) is 14.4 Å². The lowest BCUT2D eigenvalue weighted by molar-refractivity contribution is -0.158. The van der Waals surface area contributed by atoms with E-state index in [1.807, 2.05) is 0 Å². The number of methoxy groups -OCH3 is 2. The van der Waals surface area contributed by atoms with Crippen molar-refractivity contribution in [1.82, 2.24) is 0 Å². The zero-order chi connectivity index (χ0) is 20.5. The Morgan fingerprint density at radius 1 is 0.964 bits per heavy atom. The number of ether oxygens (including phenoxy) is 2. The third-order valence-corrected chi connectivity index (χ3v) is 4.99. The number of ketones is 1. The predicted molar refractivity (Wildman–Crippen MR) is 100 cm³/mol. The molecule has 2 aromatic rings. The number of alkyl halides is 1. The van der Waals surface area contributed by atoms with E-state index in [4.69, 9.17) is 0 Å². The molecule has 0 bridgehead atoms. The number of rotatable bonds is 4. The molecule has 144 valence electrons. The number of esters is 2. The molecule has 0 amide bonds. The standard InChI is InChI=1S/C22H19FO5/c1-13-17(14-7-5-4-6-8-14)18(22(23,19(13)24)21(26)28-3)15-9-11-16(12-10-15)20(25)27-2/h4-12,18H,1-3H3/t18-,22+/m0/s1. The third kappa shape index (κ3) is 2.91. The van der Waals surface area contributed by atoms with E-state index < -0.39 is 29.3 Å². The maximum absolute atomic E-state index is 16.0. The van der Waals surface area contributed by atoms with Gasteiger partial charge in [0.1, 0.15) is 0 Å². The van der Waals surface area contributed by atoms with Gasteiger partial charge in [-0.1, -0.05) is 42.5 Å². The van der Waals surface area contributed by atoms with E-state index in [1.165, 1.54) is 38.3 Å². The Morgan fingerprint density at radius 2 is 1.57 bits per heavy atom. The van der Waals surface area contributed by atoms with Gasteiger partial charge in [-0.3, -0.25) is 4.79 Å². The van der Waals surface area contributed by atoms with Gasteiger partial charge in [0.05, 0.1) is 25.7 Å². The largest absolute Gasteiger partial charge is 0.466 e. The zero-order valence-electron chi connectivity index (χ0n) is 15.7. The average molecular weight is 382 g/mol. The first-order valence-corrected chi connectivity index (χ1v) is 8.62. The van der Waals surface area contributed by atoms with Crippen LogP contribution < -0.4 is 0 Å². The molecular weight excluding hydrogens is 363 g/mol. The monoisotopic (exact) mass is 382 g/mol. The van der Waals surface area contributed by atoms with Crippen LogP contribution >= 0.6 is 0 Å². The number of carbonyl (C=O) groups excluding carboxylic acids is 3. The van der Waals surface area contributed by atoms with Gasteiger partial charge >= 0.3 is 11.9 Å². The molecule has 0 saturated heterocycles. The van der Waals surface area contributed by atoms with Crippen molar-refractivity contribution in [2.45, 2.75) is 18.5 Å². The molecule has 2 aromatic carbocycles. The van der Waals surface area contributed by atoms with Crippen LogP contribution in [0.4, 0.5) is 4.39 Å². The molecule has 0 saturated carbocycles. The molecule has 0 spiro atoms. The maximum Gasteiger partial charge on any atom is 0.352 e. The molecule has 0 aliphatic heterocycles. The van der Waals surface area contributed by atoms with E-state index >= 15 is 4.39 Å². The molecule has 1 aliphatic rings. The molecule has 0 heterocycles. The van der Waals surface area contributed by atoms with Crippen LogP contribution in [0.2, 0.25) is 0 Å². The van der Waals surface area contributed by atoms with E-state index in [2.05, 4.69) is 9.47 Å². The lowest BCUT2D eigenvalue weighted by Gasteiger charge is -2.26. The minimum absolute atomic E-state index is 0.168. The molecule has 0 radical (unpaired) electrons. The van der Waals surface area contributed by atoms with Crippen LogP contribution in [0.25, 0.3) is 5.57 Å². The summed E-state index contributed by atoms with van der Waals surface area (Å²) in [5, 5.41) is 0. The molecule has 5 nitrogen and oxygen atoms in total. The minimum atomic E-state index is -2.88. The highest BCUT2D eigenvalue weighted by atomic mass is 19.1. The number of benzene rings is 2. The number of carbonyl (C=O) groups is 3. The van der Waals surface area contributed by atoms with E-state index in [1.54, 1.807) is 30.3 Å². The van der Waals surface area contributed by atoms with E-state index in [0.29, 0.717) is 16.7 Å². The normalized spacial score (nSPS) is 21.6. The first-order chi connectivity index (χ1) is 13.4. The van der Waals surface area contributed by atoms with Crippen molar-refractivity contribution in [2.24, 2.45) is 0 Å². The average Bonchev–Trinajstić information content (AvgIpc) is 2.95. The van der Waals surface area contributed by atoms with Crippen LogP contribution in [0.1, 0.15) is 34.3 Å². The van der Waals surface area contributed by atoms with Crippen LogP contribution in [0, 0.1) is 0 Å². The second-order valence-electron chi connectivity index (χ2n) is 6.48. The van der Waals surface area contributed by atoms with Crippen molar-refractivity contribution in [3.63, 3.8) is 0 Å². The number of Topliss-reactive ketones (excluding diaryl/α,β-unsaturated/α-hetero) is 1. The van der Waals surface area contributed by atoms with Gasteiger partial charge in [-0.2, -0.15) is 0 Å². The second-order valence-corrected chi connectivity index (χ2v) is 6.48. The highest BCUT2D eigenvalue weighted by Gasteiger charge is 2.61. The Kier molecular flexibility index (Phi) is 5.14. The fourth-order valence-corrected chi connectivity index (χ4v) is 3.63. The van der Waals surface area contributed by atoms with Gasteiger partial charge in [0.25, 0.3) is 5.67 Å². The van der Waals surface area contributed by atoms with Crippen molar-refractivity contribution < 1.29 is 28.2 Å². The molecule has 2 atom stereocenters. The first kappa shape index (κ1) is 19.5. The summed E-state index contributed by atoms with van der Waals surface area (Å²) >= 11 is 0. The molecular formula is C22H19FO5. The number of halogens is 1. The van der Waals surface area contributed by atoms with Crippen molar-refractivity contribution in [3.05, 3.63) is 76.9 Å². The van der Waals surface area contributed by atoms with Gasteiger partial charge in [-0.25, -0.2) is 14.0 Å². The molecule has 0 N–H and O–H groups in total. The summed E-state index contributed by atoms with van der Waals surface area (Å²) < 4.78 is 25.3. The van der Waals surface area contributed by atoms with Crippen LogP contribution in [0.15, 0.2) is 60.2 Å². The summed E-state index contributed by atoms with van der Waals surface area (Å²) in [5.74, 6) is -3.89. The molecule has 28 heavy (non-hydrogen) atoms. The lowest BCUT2D eigenvalue weighted by Crippen LogP contribution is -2.45. The second kappa shape index (κ2) is 7.38. The Bertz CT molecular complexity index is 962. The summed E-state index contributed by atoms with van der Waals surface area (Å²) in [4.78, 5) is 36.8. The van der Waals surface area contributed by atoms with Crippen molar-refractivity contribution in [2.75, 3.05) is 14.2 Å². The van der Waals surface area contributed by atoms with Crippen molar-refractivity contribution in [3.8, 4) is 0 Å². The molecule has 1 aliphatic carbocycles. The maximum atomic E-state index is 16.0. The zero-order valence-corrected chi connectivity index (χ0v) is 15.7. The fraction of sp³-hybridized carbons (Fsp3) is 0.227. The smallest absolute Gasteiger partial charge is 0.352 e. The molecule has 6 heteroatoms.